The zero-order valence-electron chi connectivity index (χ0n) is 19.7. The zero-order valence-corrected chi connectivity index (χ0v) is 21.3. The number of thiophene rings is 1. The Morgan fingerprint density at radius 1 is 1.00 bits per heavy atom. The van der Waals surface area contributed by atoms with Gasteiger partial charge >= 0.3 is 6.09 Å². The van der Waals surface area contributed by atoms with Crippen molar-refractivity contribution in [1.29, 1.82) is 0 Å². The normalized spacial score (nSPS) is 17.7. The number of morpholine rings is 1. The minimum absolute atomic E-state index is 0.193. The number of carbonyl (C=O) groups excluding carboxylic acids is 2. The maximum atomic E-state index is 13.2. The van der Waals surface area contributed by atoms with Gasteiger partial charge in [-0.3, -0.25) is 15.0 Å². The minimum atomic E-state index is -1.11. The number of nitrogens with one attached hydrogen (secondary N) is 2. The molecule has 1 aliphatic carbocycles. The predicted octanol–water partition coefficient (Wildman–Crippen LogP) is 5.69. The molecule has 2 N–H and O–H groups in total. The summed E-state index contributed by atoms with van der Waals surface area (Å²) in [7, 11) is 0. The van der Waals surface area contributed by atoms with Gasteiger partial charge in [-0.1, -0.05) is 54.1 Å². The molecule has 9 heteroatoms. The summed E-state index contributed by atoms with van der Waals surface area (Å²) >= 11 is 7.15. The molecule has 3 aromatic rings. The largest absolute Gasteiger partial charge is 0.431 e. The molecule has 2 heterocycles. The number of anilines is 2. The summed E-state index contributed by atoms with van der Waals surface area (Å²) in [4.78, 5) is 28.2. The highest BCUT2D eigenvalue weighted by molar-refractivity contribution is 7.20. The van der Waals surface area contributed by atoms with Crippen molar-refractivity contribution in [3.05, 3.63) is 82.2 Å². The average molecular weight is 526 g/mol. The summed E-state index contributed by atoms with van der Waals surface area (Å²) in [5.74, 6) is -0.428. The Morgan fingerprint density at radius 3 is 2.36 bits per heavy atom. The first kappa shape index (κ1) is 24.8. The van der Waals surface area contributed by atoms with Gasteiger partial charge in [0.15, 0.2) is 0 Å². The third-order valence-electron chi connectivity index (χ3n) is 6.61. The number of halogens is 1. The molecule has 1 unspecified atom stereocenters. The van der Waals surface area contributed by atoms with E-state index < -0.39 is 18.1 Å². The van der Waals surface area contributed by atoms with Gasteiger partial charge in [0.2, 0.25) is 6.10 Å². The Kier molecular flexibility index (Phi) is 7.57. The third kappa shape index (κ3) is 6.07. The van der Waals surface area contributed by atoms with Crippen molar-refractivity contribution in [3.63, 3.8) is 0 Å². The van der Waals surface area contributed by atoms with Crippen molar-refractivity contribution in [2.75, 3.05) is 43.5 Å². The smallest absolute Gasteiger partial charge is 0.413 e. The molecule has 2 aromatic carbocycles. The quantitative estimate of drug-likeness (QED) is 0.395. The minimum Gasteiger partial charge on any atom is -0.431 e. The lowest BCUT2D eigenvalue weighted by atomic mass is 9.95. The van der Waals surface area contributed by atoms with E-state index in [1.54, 1.807) is 36.4 Å². The second-order valence-electron chi connectivity index (χ2n) is 9.16. The van der Waals surface area contributed by atoms with Crippen LogP contribution >= 0.6 is 22.9 Å². The lowest BCUT2D eigenvalue weighted by Gasteiger charge is -2.30. The van der Waals surface area contributed by atoms with Crippen molar-refractivity contribution < 1.29 is 19.1 Å². The van der Waals surface area contributed by atoms with Gasteiger partial charge < -0.3 is 14.8 Å². The summed E-state index contributed by atoms with van der Waals surface area (Å²) < 4.78 is 11.6. The fourth-order valence-corrected chi connectivity index (χ4v) is 5.44. The maximum Gasteiger partial charge on any atom is 0.413 e. The first-order valence-corrected chi connectivity index (χ1v) is 13.2. The molecule has 5 rings (SSSR count). The van der Waals surface area contributed by atoms with Crippen LogP contribution in [0.3, 0.4) is 0 Å². The highest BCUT2D eigenvalue weighted by Crippen LogP contribution is 2.49. The van der Waals surface area contributed by atoms with Gasteiger partial charge in [0.25, 0.3) is 5.91 Å². The van der Waals surface area contributed by atoms with Crippen LogP contribution < -0.4 is 10.6 Å². The van der Waals surface area contributed by atoms with Crippen molar-refractivity contribution in [1.82, 2.24) is 4.90 Å². The Bertz CT molecular complexity index is 1190. The monoisotopic (exact) mass is 525 g/mol. The average Bonchev–Trinajstić information content (AvgIpc) is 3.56. The topological polar surface area (TPSA) is 79.9 Å². The van der Waals surface area contributed by atoms with Gasteiger partial charge in [0.1, 0.15) is 0 Å². The summed E-state index contributed by atoms with van der Waals surface area (Å²) in [6, 6.07) is 20.3. The lowest BCUT2D eigenvalue weighted by Crippen LogP contribution is -2.41. The third-order valence-corrected chi connectivity index (χ3v) is 7.76. The number of hydrogen-bond donors (Lipinski definition) is 2. The van der Waals surface area contributed by atoms with Gasteiger partial charge in [-0.15, -0.1) is 11.3 Å². The predicted molar refractivity (Wildman–Crippen MR) is 142 cm³/mol. The van der Waals surface area contributed by atoms with Crippen molar-refractivity contribution >= 4 is 45.6 Å². The fourth-order valence-electron chi connectivity index (χ4n) is 4.51. The summed E-state index contributed by atoms with van der Waals surface area (Å²) in [5, 5.41) is 6.07. The first-order chi connectivity index (χ1) is 17.5. The highest BCUT2D eigenvalue weighted by atomic mass is 35.5. The van der Waals surface area contributed by atoms with Crippen molar-refractivity contribution in [2.24, 2.45) is 0 Å². The van der Waals surface area contributed by atoms with Gasteiger partial charge in [-0.05, 0) is 42.7 Å². The van der Waals surface area contributed by atoms with E-state index in [0.29, 0.717) is 20.6 Å². The van der Waals surface area contributed by atoms with E-state index in [-0.39, 0.29) is 5.41 Å². The molecule has 1 saturated heterocycles. The van der Waals surface area contributed by atoms with Gasteiger partial charge in [-0.2, -0.15) is 0 Å². The molecular formula is C27H28ClN3O4S. The van der Waals surface area contributed by atoms with Crippen molar-refractivity contribution in [2.45, 2.75) is 24.4 Å². The Labute approximate surface area is 219 Å². The molecule has 1 aromatic heterocycles. The van der Waals surface area contributed by atoms with E-state index >= 15 is 0 Å². The van der Waals surface area contributed by atoms with Crippen LogP contribution in [-0.2, 0) is 19.7 Å². The standard InChI is InChI=1S/C27H28ClN3O4S/c28-22-10-11-23(36-22)30-26(33)35-24(19-4-2-1-3-5-19)25(32)29-21-8-6-20(7-9-21)27(12-13-27)18-31-14-16-34-17-15-31/h1-11,24H,12-18H2,(H,29,32)(H,30,33). The fraction of sp³-hybridized carbons (Fsp3) is 0.333. The molecule has 188 valence electrons. The van der Waals surface area contributed by atoms with E-state index in [9.17, 15) is 9.59 Å². The van der Waals surface area contributed by atoms with Crippen LogP contribution in [-0.4, -0.2) is 49.7 Å². The number of nitrogens with zero attached hydrogens (tertiary/aromatic N) is 1. The molecule has 36 heavy (non-hydrogen) atoms. The van der Waals surface area contributed by atoms with Gasteiger partial charge in [0, 0.05) is 36.3 Å². The second-order valence-corrected chi connectivity index (χ2v) is 10.9. The van der Waals surface area contributed by atoms with Gasteiger partial charge in [0.05, 0.1) is 22.6 Å². The van der Waals surface area contributed by atoms with Crippen LogP contribution in [0.5, 0.6) is 0 Å². The van der Waals surface area contributed by atoms with E-state index in [1.165, 1.54) is 29.7 Å². The Morgan fingerprint density at radius 2 is 1.72 bits per heavy atom. The van der Waals surface area contributed by atoms with Gasteiger partial charge in [-0.25, -0.2) is 4.79 Å². The van der Waals surface area contributed by atoms with E-state index in [4.69, 9.17) is 21.1 Å². The van der Waals surface area contributed by atoms with Crippen LogP contribution in [0.1, 0.15) is 30.1 Å². The maximum absolute atomic E-state index is 13.2. The number of carbonyl (C=O) groups is 2. The molecule has 2 aliphatic rings. The van der Waals surface area contributed by atoms with Crippen LogP contribution in [0.15, 0.2) is 66.7 Å². The van der Waals surface area contributed by atoms with E-state index in [0.717, 1.165) is 32.8 Å². The Hall–Kier alpha value is -2.91. The molecular weight excluding hydrogens is 498 g/mol. The molecule has 2 fully saturated rings. The van der Waals surface area contributed by atoms with E-state index in [2.05, 4.69) is 27.7 Å². The lowest BCUT2D eigenvalue weighted by molar-refractivity contribution is -0.124. The highest BCUT2D eigenvalue weighted by Gasteiger charge is 2.45. The van der Waals surface area contributed by atoms with Crippen molar-refractivity contribution in [3.8, 4) is 0 Å². The SMILES string of the molecule is O=C(Nc1ccc(Cl)s1)OC(C(=O)Nc1ccc(C2(CN3CCOCC3)CC2)cc1)c1ccccc1. The second kappa shape index (κ2) is 11.0. The molecule has 7 nitrogen and oxygen atoms in total. The molecule has 1 saturated carbocycles. The summed E-state index contributed by atoms with van der Waals surface area (Å²) in [6.45, 7) is 4.58. The number of benzene rings is 2. The molecule has 1 atom stereocenters. The first-order valence-electron chi connectivity index (χ1n) is 12.0. The van der Waals surface area contributed by atoms with Crippen LogP contribution in [0.4, 0.5) is 15.5 Å². The number of rotatable bonds is 8. The van der Waals surface area contributed by atoms with Crippen LogP contribution in [0, 0.1) is 0 Å². The van der Waals surface area contributed by atoms with Crippen LogP contribution in [0.2, 0.25) is 4.34 Å². The molecule has 2 amide bonds. The number of hydrogen-bond acceptors (Lipinski definition) is 6. The van der Waals surface area contributed by atoms with E-state index in [1.807, 2.05) is 18.2 Å². The molecule has 1 aliphatic heterocycles. The Balaban J connectivity index is 1.25. The summed E-state index contributed by atoms with van der Waals surface area (Å²) in [6.07, 6.45) is 0.499. The molecule has 0 bridgehead atoms. The number of amides is 2. The number of ether oxygens (including phenoxy) is 2. The zero-order chi connectivity index (χ0) is 25.0. The molecule has 0 radical (unpaired) electrons. The molecule has 0 spiro atoms. The summed E-state index contributed by atoms with van der Waals surface area (Å²) in [5.41, 5.74) is 2.71. The van der Waals surface area contributed by atoms with Crippen LogP contribution in [0.25, 0.3) is 0 Å².